The van der Waals surface area contributed by atoms with Crippen molar-refractivity contribution in [2.45, 2.75) is 13.0 Å². The maximum absolute atomic E-state index is 12.8. The molecular formula is C26H23NO3. The first-order valence-electron chi connectivity index (χ1n) is 9.86. The van der Waals surface area contributed by atoms with Gasteiger partial charge in [0.2, 0.25) is 0 Å². The molecule has 1 unspecified atom stereocenters. The van der Waals surface area contributed by atoms with Gasteiger partial charge in [-0.1, -0.05) is 72.8 Å². The van der Waals surface area contributed by atoms with Crippen LogP contribution in [0.2, 0.25) is 0 Å². The van der Waals surface area contributed by atoms with Gasteiger partial charge in [0.1, 0.15) is 11.5 Å². The van der Waals surface area contributed by atoms with Crippen molar-refractivity contribution in [1.29, 1.82) is 0 Å². The third-order valence-electron chi connectivity index (χ3n) is 5.03. The highest BCUT2D eigenvalue weighted by molar-refractivity contribution is 5.89. The number of amides is 1. The van der Waals surface area contributed by atoms with Crippen molar-refractivity contribution in [2.24, 2.45) is 0 Å². The second-order valence-corrected chi connectivity index (χ2v) is 7.24. The summed E-state index contributed by atoms with van der Waals surface area (Å²) in [7, 11) is 0. The number of phenolic OH excluding ortho intramolecular Hbond substituents is 1. The van der Waals surface area contributed by atoms with Crippen LogP contribution in [0.5, 0.6) is 11.5 Å². The van der Waals surface area contributed by atoms with Crippen LogP contribution in [-0.2, 0) is 4.79 Å². The molecule has 4 aromatic rings. The molecule has 4 aromatic carbocycles. The lowest BCUT2D eigenvalue weighted by atomic mass is 9.92. The Labute approximate surface area is 175 Å². The maximum Gasteiger partial charge on any atom is 0.258 e. The van der Waals surface area contributed by atoms with Crippen LogP contribution in [0, 0.1) is 6.92 Å². The van der Waals surface area contributed by atoms with Crippen molar-refractivity contribution in [3.8, 4) is 11.5 Å². The van der Waals surface area contributed by atoms with Gasteiger partial charge in [0.05, 0.1) is 6.04 Å². The Bertz CT molecular complexity index is 1170. The van der Waals surface area contributed by atoms with Crippen molar-refractivity contribution in [3.05, 3.63) is 108 Å². The molecule has 4 nitrogen and oxygen atoms in total. The summed E-state index contributed by atoms with van der Waals surface area (Å²) in [6, 6.07) is 28.1. The Balaban J connectivity index is 1.65. The second-order valence-electron chi connectivity index (χ2n) is 7.24. The zero-order valence-corrected chi connectivity index (χ0v) is 16.7. The molecule has 30 heavy (non-hydrogen) atoms. The topological polar surface area (TPSA) is 58.6 Å². The first kappa shape index (κ1) is 19.5. The van der Waals surface area contributed by atoms with E-state index in [1.165, 1.54) is 0 Å². The minimum Gasteiger partial charge on any atom is -0.508 e. The molecule has 0 heterocycles. The van der Waals surface area contributed by atoms with Gasteiger partial charge in [-0.15, -0.1) is 0 Å². The van der Waals surface area contributed by atoms with E-state index in [9.17, 15) is 9.90 Å². The third kappa shape index (κ3) is 4.28. The van der Waals surface area contributed by atoms with Gasteiger partial charge in [-0.2, -0.15) is 0 Å². The number of carbonyl (C=O) groups is 1. The van der Waals surface area contributed by atoms with E-state index < -0.39 is 6.04 Å². The normalized spacial score (nSPS) is 11.8. The molecule has 0 aromatic heterocycles. The number of carbonyl (C=O) groups excluding carboxylic acids is 1. The second kappa shape index (κ2) is 8.70. The van der Waals surface area contributed by atoms with E-state index in [1.54, 1.807) is 6.07 Å². The molecule has 2 N–H and O–H groups in total. The average molecular weight is 397 g/mol. The lowest BCUT2D eigenvalue weighted by Gasteiger charge is -2.22. The minimum absolute atomic E-state index is 0.113. The fourth-order valence-electron chi connectivity index (χ4n) is 3.61. The first-order chi connectivity index (χ1) is 14.6. The summed E-state index contributed by atoms with van der Waals surface area (Å²) >= 11 is 0. The molecule has 1 atom stereocenters. The summed E-state index contributed by atoms with van der Waals surface area (Å²) in [5, 5.41) is 15.6. The van der Waals surface area contributed by atoms with E-state index in [2.05, 4.69) is 5.32 Å². The molecule has 1 amide bonds. The van der Waals surface area contributed by atoms with E-state index in [0.29, 0.717) is 11.3 Å². The SMILES string of the molecule is Cc1cccc(OCC(=O)NC(c2ccccc2)c2c(O)ccc3ccccc23)c1. The molecule has 0 bridgehead atoms. The van der Waals surface area contributed by atoms with Crippen LogP contribution < -0.4 is 10.1 Å². The van der Waals surface area contributed by atoms with Crippen molar-refractivity contribution < 1.29 is 14.6 Å². The number of aromatic hydroxyl groups is 1. The summed E-state index contributed by atoms with van der Waals surface area (Å²) in [5.41, 5.74) is 2.62. The van der Waals surface area contributed by atoms with Crippen LogP contribution in [0.25, 0.3) is 10.8 Å². The van der Waals surface area contributed by atoms with Crippen LogP contribution in [0.1, 0.15) is 22.7 Å². The number of hydrogen-bond donors (Lipinski definition) is 2. The summed E-state index contributed by atoms with van der Waals surface area (Å²) in [6.07, 6.45) is 0. The Morgan fingerprint density at radius 1 is 0.933 bits per heavy atom. The molecule has 0 spiro atoms. The van der Waals surface area contributed by atoms with Gasteiger partial charge in [-0.25, -0.2) is 0 Å². The summed E-state index contributed by atoms with van der Waals surface area (Å²) in [4.78, 5) is 12.8. The fraction of sp³-hybridized carbons (Fsp3) is 0.115. The van der Waals surface area contributed by atoms with Gasteiger partial charge in [0.25, 0.3) is 5.91 Å². The zero-order valence-electron chi connectivity index (χ0n) is 16.7. The summed E-state index contributed by atoms with van der Waals surface area (Å²) < 4.78 is 5.66. The molecule has 0 aliphatic carbocycles. The molecular weight excluding hydrogens is 374 g/mol. The van der Waals surface area contributed by atoms with E-state index in [1.807, 2.05) is 91.9 Å². The van der Waals surface area contributed by atoms with Gasteiger partial charge < -0.3 is 15.2 Å². The van der Waals surface area contributed by atoms with Crippen molar-refractivity contribution in [3.63, 3.8) is 0 Å². The Morgan fingerprint density at radius 3 is 2.50 bits per heavy atom. The predicted octanol–water partition coefficient (Wildman–Crippen LogP) is 5.14. The van der Waals surface area contributed by atoms with Gasteiger partial charge in [-0.05, 0) is 47.0 Å². The van der Waals surface area contributed by atoms with Crippen molar-refractivity contribution >= 4 is 16.7 Å². The number of ether oxygens (including phenoxy) is 1. The molecule has 0 aliphatic heterocycles. The number of phenols is 1. The Hall–Kier alpha value is -3.79. The summed E-state index contributed by atoms with van der Waals surface area (Å²) in [6.45, 7) is 1.86. The summed E-state index contributed by atoms with van der Waals surface area (Å²) in [5.74, 6) is 0.523. The first-order valence-corrected chi connectivity index (χ1v) is 9.86. The van der Waals surface area contributed by atoms with Gasteiger partial charge in [0.15, 0.2) is 6.61 Å². The monoisotopic (exact) mass is 397 g/mol. The average Bonchev–Trinajstić information content (AvgIpc) is 2.77. The highest BCUT2D eigenvalue weighted by Crippen LogP contribution is 2.35. The van der Waals surface area contributed by atoms with Crippen molar-refractivity contribution in [1.82, 2.24) is 5.32 Å². The molecule has 4 heteroatoms. The van der Waals surface area contributed by atoms with E-state index >= 15 is 0 Å². The molecule has 0 aliphatic rings. The van der Waals surface area contributed by atoms with Crippen LogP contribution in [0.4, 0.5) is 0 Å². The van der Waals surface area contributed by atoms with E-state index in [-0.39, 0.29) is 18.3 Å². The smallest absolute Gasteiger partial charge is 0.258 e. The van der Waals surface area contributed by atoms with Crippen LogP contribution in [0.3, 0.4) is 0 Å². The maximum atomic E-state index is 12.8. The van der Waals surface area contributed by atoms with Gasteiger partial charge in [-0.3, -0.25) is 4.79 Å². The predicted molar refractivity (Wildman–Crippen MR) is 119 cm³/mol. The number of hydrogen-bond acceptors (Lipinski definition) is 3. The quantitative estimate of drug-likeness (QED) is 0.474. The molecule has 0 saturated heterocycles. The van der Waals surface area contributed by atoms with Crippen LogP contribution >= 0.6 is 0 Å². The Kier molecular flexibility index (Phi) is 5.66. The highest BCUT2D eigenvalue weighted by atomic mass is 16.5. The third-order valence-corrected chi connectivity index (χ3v) is 5.03. The zero-order chi connectivity index (χ0) is 20.9. The lowest BCUT2D eigenvalue weighted by Crippen LogP contribution is -2.33. The number of fused-ring (bicyclic) bond motifs is 1. The van der Waals surface area contributed by atoms with Crippen LogP contribution in [-0.4, -0.2) is 17.6 Å². The highest BCUT2D eigenvalue weighted by Gasteiger charge is 2.22. The van der Waals surface area contributed by atoms with Crippen LogP contribution in [0.15, 0.2) is 91.0 Å². The number of rotatable bonds is 6. The molecule has 0 saturated carbocycles. The Morgan fingerprint density at radius 2 is 1.70 bits per heavy atom. The number of nitrogens with one attached hydrogen (secondary N) is 1. The number of benzene rings is 4. The fourth-order valence-corrected chi connectivity index (χ4v) is 3.61. The van der Waals surface area contributed by atoms with Gasteiger partial charge in [0, 0.05) is 5.56 Å². The standard InChI is InChI=1S/C26H23NO3/c1-18-8-7-12-21(16-18)30-17-24(29)27-26(20-10-3-2-4-11-20)25-22-13-6-5-9-19(22)14-15-23(25)28/h2-16,26,28H,17H2,1H3,(H,27,29). The largest absolute Gasteiger partial charge is 0.508 e. The van der Waals surface area contributed by atoms with E-state index in [0.717, 1.165) is 21.9 Å². The molecule has 0 radical (unpaired) electrons. The molecule has 4 rings (SSSR count). The lowest BCUT2D eigenvalue weighted by molar-refractivity contribution is -0.123. The number of aryl methyl sites for hydroxylation is 1. The minimum atomic E-state index is -0.508. The molecule has 0 fully saturated rings. The van der Waals surface area contributed by atoms with Crippen molar-refractivity contribution in [2.75, 3.05) is 6.61 Å². The van der Waals surface area contributed by atoms with E-state index in [4.69, 9.17) is 4.74 Å². The van der Waals surface area contributed by atoms with Gasteiger partial charge >= 0.3 is 0 Å². The molecule has 150 valence electrons.